The number of aliphatic hydroxyl groups excluding tert-OH is 1. The third-order valence-corrected chi connectivity index (χ3v) is 2.80. The third-order valence-electron chi connectivity index (χ3n) is 2.80. The molecule has 4 heteroatoms. The average Bonchev–Trinajstić information content (AvgIpc) is 2.29. The molecule has 0 aliphatic heterocycles. The molecular weight excluding hydrogens is 208 g/mol. The van der Waals surface area contributed by atoms with Crippen LogP contribution in [0.5, 0.6) is 0 Å². The van der Waals surface area contributed by atoms with Gasteiger partial charge in [-0.2, -0.15) is 0 Å². The molecule has 0 aliphatic carbocycles. The molecule has 4 nitrogen and oxygen atoms in total. The van der Waals surface area contributed by atoms with Gasteiger partial charge >= 0.3 is 0 Å². The molecule has 0 aromatic heterocycles. The Labute approximate surface area is 98.6 Å². The molecular formula is C12H26O4. The second-order valence-electron chi connectivity index (χ2n) is 4.09. The first-order chi connectivity index (χ1) is 7.56. The van der Waals surface area contributed by atoms with E-state index in [2.05, 4.69) is 0 Å². The highest BCUT2D eigenvalue weighted by atomic mass is 16.7. The molecule has 2 N–H and O–H groups in total. The van der Waals surface area contributed by atoms with Crippen LogP contribution in [0.3, 0.4) is 0 Å². The number of methoxy groups -OCH3 is 1. The minimum atomic E-state index is -1.32. The van der Waals surface area contributed by atoms with Crippen LogP contribution in [0, 0.1) is 0 Å². The Kier molecular flexibility index (Phi) is 7.93. The van der Waals surface area contributed by atoms with E-state index < -0.39 is 18.0 Å². The SMILES string of the molecule is CCCOC(OC)C(O)(CC)C(O)CCC. The van der Waals surface area contributed by atoms with Crippen LogP contribution in [0.25, 0.3) is 0 Å². The largest absolute Gasteiger partial charge is 0.390 e. The molecule has 0 saturated carbocycles. The fraction of sp³-hybridized carbons (Fsp3) is 1.00. The van der Waals surface area contributed by atoms with Crippen molar-refractivity contribution in [2.24, 2.45) is 0 Å². The zero-order valence-electron chi connectivity index (χ0n) is 10.9. The standard InChI is InChI=1S/C12H26O4/c1-5-8-10(13)12(14,7-3)11(15-4)16-9-6-2/h10-11,13-14H,5-9H2,1-4H3. The van der Waals surface area contributed by atoms with Gasteiger partial charge in [0.05, 0.1) is 6.10 Å². The van der Waals surface area contributed by atoms with Gasteiger partial charge in [0, 0.05) is 13.7 Å². The summed E-state index contributed by atoms with van der Waals surface area (Å²) in [6.07, 6.45) is 1.02. The highest BCUT2D eigenvalue weighted by Gasteiger charge is 2.42. The van der Waals surface area contributed by atoms with E-state index in [0.29, 0.717) is 19.4 Å². The highest BCUT2D eigenvalue weighted by molar-refractivity contribution is 4.88. The van der Waals surface area contributed by atoms with Crippen molar-refractivity contribution in [2.45, 2.75) is 64.4 Å². The van der Waals surface area contributed by atoms with Gasteiger partial charge in [-0.1, -0.05) is 27.2 Å². The van der Waals surface area contributed by atoms with Crippen LogP contribution >= 0.6 is 0 Å². The van der Waals surface area contributed by atoms with Crippen LogP contribution in [0.15, 0.2) is 0 Å². The summed E-state index contributed by atoms with van der Waals surface area (Å²) in [4.78, 5) is 0. The van der Waals surface area contributed by atoms with Crippen molar-refractivity contribution >= 4 is 0 Å². The number of ether oxygens (including phenoxy) is 2. The molecule has 3 atom stereocenters. The molecule has 3 unspecified atom stereocenters. The summed E-state index contributed by atoms with van der Waals surface area (Å²) >= 11 is 0. The first-order valence-corrected chi connectivity index (χ1v) is 6.11. The van der Waals surface area contributed by atoms with Gasteiger partial charge in [0.15, 0.2) is 6.29 Å². The Morgan fingerprint density at radius 3 is 2.19 bits per heavy atom. The van der Waals surface area contributed by atoms with Crippen LogP contribution in [0.2, 0.25) is 0 Å². The average molecular weight is 234 g/mol. The monoisotopic (exact) mass is 234 g/mol. The minimum absolute atomic E-state index is 0.399. The minimum Gasteiger partial charge on any atom is -0.390 e. The Morgan fingerprint density at radius 2 is 1.81 bits per heavy atom. The van der Waals surface area contributed by atoms with E-state index in [0.717, 1.165) is 12.8 Å². The molecule has 0 amide bonds. The third kappa shape index (κ3) is 4.01. The van der Waals surface area contributed by atoms with E-state index in [-0.39, 0.29) is 0 Å². The van der Waals surface area contributed by atoms with Crippen molar-refractivity contribution in [2.75, 3.05) is 13.7 Å². The smallest absolute Gasteiger partial charge is 0.188 e. The van der Waals surface area contributed by atoms with E-state index >= 15 is 0 Å². The zero-order chi connectivity index (χ0) is 12.6. The van der Waals surface area contributed by atoms with Gasteiger partial charge in [-0.15, -0.1) is 0 Å². The van der Waals surface area contributed by atoms with Crippen molar-refractivity contribution in [3.05, 3.63) is 0 Å². The second-order valence-corrected chi connectivity index (χ2v) is 4.09. The van der Waals surface area contributed by atoms with Crippen LogP contribution in [-0.4, -0.2) is 41.9 Å². The highest BCUT2D eigenvalue weighted by Crippen LogP contribution is 2.26. The number of aliphatic hydroxyl groups is 2. The Bertz CT molecular complexity index is 174. The van der Waals surface area contributed by atoms with Crippen molar-refractivity contribution in [1.29, 1.82) is 0 Å². The molecule has 0 spiro atoms. The maximum absolute atomic E-state index is 10.4. The van der Waals surface area contributed by atoms with E-state index in [4.69, 9.17) is 9.47 Å². The van der Waals surface area contributed by atoms with Crippen molar-refractivity contribution < 1.29 is 19.7 Å². The molecule has 0 aliphatic rings. The lowest BCUT2D eigenvalue weighted by Gasteiger charge is -2.37. The lowest BCUT2D eigenvalue weighted by Crippen LogP contribution is -2.53. The summed E-state index contributed by atoms with van der Waals surface area (Å²) in [6, 6.07) is 0. The van der Waals surface area contributed by atoms with Gasteiger partial charge in [0.1, 0.15) is 5.60 Å². The predicted octanol–water partition coefficient (Wildman–Crippen LogP) is 1.69. The second kappa shape index (κ2) is 8.01. The molecule has 0 heterocycles. The first kappa shape index (κ1) is 15.8. The molecule has 0 rings (SSSR count). The predicted molar refractivity (Wildman–Crippen MR) is 63.2 cm³/mol. The molecule has 0 fully saturated rings. The summed E-state index contributed by atoms with van der Waals surface area (Å²) < 4.78 is 10.6. The number of hydrogen-bond donors (Lipinski definition) is 2. The van der Waals surface area contributed by atoms with E-state index in [1.807, 2.05) is 20.8 Å². The van der Waals surface area contributed by atoms with Gasteiger partial charge in [0.25, 0.3) is 0 Å². The maximum Gasteiger partial charge on any atom is 0.188 e. The van der Waals surface area contributed by atoms with Gasteiger partial charge in [-0.05, 0) is 19.3 Å². The maximum atomic E-state index is 10.4. The first-order valence-electron chi connectivity index (χ1n) is 6.11. The molecule has 0 saturated heterocycles. The zero-order valence-corrected chi connectivity index (χ0v) is 10.9. The Balaban J connectivity index is 4.59. The van der Waals surface area contributed by atoms with Crippen molar-refractivity contribution in [3.63, 3.8) is 0 Å². The normalized spacial score (nSPS) is 19.1. The van der Waals surface area contributed by atoms with Crippen molar-refractivity contribution in [1.82, 2.24) is 0 Å². The molecule has 98 valence electrons. The Morgan fingerprint density at radius 1 is 1.19 bits per heavy atom. The summed E-state index contributed by atoms with van der Waals surface area (Å²) in [7, 11) is 1.49. The lowest BCUT2D eigenvalue weighted by molar-refractivity contribution is -0.258. The summed E-state index contributed by atoms with van der Waals surface area (Å²) in [5, 5.41) is 20.4. The van der Waals surface area contributed by atoms with Crippen molar-refractivity contribution in [3.8, 4) is 0 Å². The lowest BCUT2D eigenvalue weighted by atomic mass is 9.90. The Hall–Kier alpha value is -0.160. The topological polar surface area (TPSA) is 58.9 Å². The van der Waals surface area contributed by atoms with E-state index in [9.17, 15) is 10.2 Å². The molecule has 0 aromatic rings. The van der Waals surface area contributed by atoms with Gasteiger partial charge < -0.3 is 19.7 Å². The number of hydrogen-bond acceptors (Lipinski definition) is 4. The molecule has 16 heavy (non-hydrogen) atoms. The van der Waals surface area contributed by atoms with E-state index in [1.165, 1.54) is 7.11 Å². The fourth-order valence-electron chi connectivity index (χ4n) is 1.72. The van der Waals surface area contributed by atoms with Gasteiger partial charge in [-0.25, -0.2) is 0 Å². The molecule has 0 radical (unpaired) electrons. The van der Waals surface area contributed by atoms with Crippen LogP contribution < -0.4 is 0 Å². The molecule has 0 bridgehead atoms. The quantitative estimate of drug-likeness (QED) is 0.596. The fourth-order valence-corrected chi connectivity index (χ4v) is 1.72. The van der Waals surface area contributed by atoms with Crippen LogP contribution in [0.1, 0.15) is 46.5 Å². The molecule has 0 aromatic carbocycles. The summed E-state index contributed by atoms with van der Waals surface area (Å²) in [5.41, 5.74) is -1.32. The summed E-state index contributed by atoms with van der Waals surface area (Å²) in [6.45, 7) is 6.29. The number of rotatable bonds is 9. The van der Waals surface area contributed by atoms with Gasteiger partial charge in [0.2, 0.25) is 0 Å². The summed E-state index contributed by atoms with van der Waals surface area (Å²) in [5.74, 6) is 0. The van der Waals surface area contributed by atoms with Crippen LogP contribution in [-0.2, 0) is 9.47 Å². The van der Waals surface area contributed by atoms with Crippen LogP contribution in [0.4, 0.5) is 0 Å². The van der Waals surface area contributed by atoms with Gasteiger partial charge in [-0.3, -0.25) is 0 Å². The van der Waals surface area contributed by atoms with E-state index in [1.54, 1.807) is 0 Å².